The summed E-state index contributed by atoms with van der Waals surface area (Å²) in [5.74, 6) is -1.05. The van der Waals surface area contributed by atoms with Gasteiger partial charge in [0.2, 0.25) is 0 Å². The van der Waals surface area contributed by atoms with E-state index < -0.39 is 11.9 Å². The molecule has 0 radical (unpaired) electrons. The number of carbonyl (C=O) groups excluding carboxylic acids is 2. The fourth-order valence-corrected chi connectivity index (χ4v) is 6.19. The Labute approximate surface area is 260 Å². The number of H-pyrrole nitrogens is 1. The molecule has 5 aromatic rings. The summed E-state index contributed by atoms with van der Waals surface area (Å²) < 4.78 is 0. The molecule has 1 atom stereocenters. The van der Waals surface area contributed by atoms with Crippen LogP contribution in [0.3, 0.4) is 0 Å². The lowest BCUT2D eigenvalue weighted by molar-refractivity contribution is -0.143. The summed E-state index contributed by atoms with van der Waals surface area (Å²) in [4.78, 5) is 51.7. The van der Waals surface area contributed by atoms with E-state index in [4.69, 9.17) is 0 Å². The molecule has 9 nitrogen and oxygen atoms in total. The smallest absolute Gasteiger partial charge is 0.308 e. The molecular weight excluding hydrogens is 566 g/mol. The first-order chi connectivity index (χ1) is 21.9. The van der Waals surface area contributed by atoms with Crippen LogP contribution in [0.5, 0.6) is 0 Å². The predicted molar refractivity (Wildman–Crippen MR) is 172 cm³/mol. The first-order valence-electron chi connectivity index (χ1n) is 15.3. The molecule has 226 valence electrons. The van der Waals surface area contributed by atoms with Gasteiger partial charge in [-0.05, 0) is 91.6 Å². The lowest BCUT2D eigenvalue weighted by Gasteiger charge is -2.30. The van der Waals surface area contributed by atoms with Crippen LogP contribution in [0.4, 0.5) is 5.69 Å². The van der Waals surface area contributed by atoms with Crippen LogP contribution in [-0.2, 0) is 4.79 Å². The summed E-state index contributed by atoms with van der Waals surface area (Å²) in [6.45, 7) is 2.77. The lowest BCUT2D eigenvalue weighted by Crippen LogP contribution is -2.42. The standard InChI is InChI=1S/C36H33N5O4/c1-21-28(5-2-6-30(21)40-34(42)25-13-9-23(10-14-25)22-7-8-22)32-29-18-31(39-33(29)38-20-37-32)24-11-15-26(16-12-24)35(43)41-17-3-4-27(19-41)36(44)45/h2,5-6,9-16,18,20,22,27H,3-4,7-8,17,19H2,1H3,(H,40,42)(H,44,45)(H,37,38,39). The van der Waals surface area contributed by atoms with Crippen LogP contribution in [0.1, 0.15) is 63.4 Å². The predicted octanol–water partition coefficient (Wildman–Crippen LogP) is 6.67. The van der Waals surface area contributed by atoms with Crippen LogP contribution in [0.25, 0.3) is 33.5 Å². The number of nitrogens with one attached hydrogen (secondary N) is 2. The molecule has 3 aromatic carbocycles. The number of carboxylic acids is 1. The molecule has 0 spiro atoms. The number of rotatable bonds is 7. The van der Waals surface area contributed by atoms with Gasteiger partial charge in [0, 0.05) is 46.5 Å². The zero-order chi connectivity index (χ0) is 31.1. The van der Waals surface area contributed by atoms with Gasteiger partial charge in [-0.1, -0.05) is 36.4 Å². The molecule has 1 saturated carbocycles. The van der Waals surface area contributed by atoms with E-state index in [-0.39, 0.29) is 18.4 Å². The number of nitrogens with zero attached hydrogens (tertiary/aromatic N) is 3. The van der Waals surface area contributed by atoms with E-state index in [9.17, 15) is 19.5 Å². The van der Waals surface area contributed by atoms with Crippen molar-refractivity contribution in [3.05, 3.63) is 101 Å². The number of anilines is 1. The summed E-state index contributed by atoms with van der Waals surface area (Å²) >= 11 is 0. The maximum Gasteiger partial charge on any atom is 0.308 e. The van der Waals surface area contributed by atoms with Crippen molar-refractivity contribution in [2.75, 3.05) is 18.4 Å². The molecule has 0 bridgehead atoms. The van der Waals surface area contributed by atoms with Gasteiger partial charge in [0.05, 0.1) is 11.6 Å². The number of aromatic nitrogens is 3. The highest BCUT2D eigenvalue weighted by Gasteiger charge is 2.29. The highest BCUT2D eigenvalue weighted by Crippen LogP contribution is 2.40. The number of amides is 2. The monoisotopic (exact) mass is 599 g/mol. The number of aliphatic carboxylic acids is 1. The Morgan fingerprint density at radius 1 is 0.933 bits per heavy atom. The second-order valence-corrected chi connectivity index (χ2v) is 12.0. The van der Waals surface area contributed by atoms with Gasteiger partial charge in [-0.25, -0.2) is 9.97 Å². The number of piperidine rings is 1. The van der Waals surface area contributed by atoms with Gasteiger partial charge in [0.15, 0.2) is 0 Å². The van der Waals surface area contributed by atoms with Gasteiger partial charge in [0.1, 0.15) is 12.0 Å². The Balaban J connectivity index is 1.12. The maximum atomic E-state index is 13.1. The lowest BCUT2D eigenvalue weighted by atomic mass is 9.97. The van der Waals surface area contributed by atoms with E-state index in [1.165, 1.54) is 24.7 Å². The number of fused-ring (bicyclic) bond motifs is 1. The Bertz CT molecular complexity index is 1930. The second kappa shape index (κ2) is 11.6. The highest BCUT2D eigenvalue weighted by atomic mass is 16.4. The largest absolute Gasteiger partial charge is 0.481 e. The van der Waals surface area contributed by atoms with Crippen LogP contribution >= 0.6 is 0 Å². The van der Waals surface area contributed by atoms with Crippen LogP contribution in [0, 0.1) is 12.8 Å². The van der Waals surface area contributed by atoms with E-state index >= 15 is 0 Å². The summed E-state index contributed by atoms with van der Waals surface area (Å²) in [5, 5.41) is 13.3. The Morgan fingerprint density at radius 2 is 1.69 bits per heavy atom. The van der Waals surface area contributed by atoms with Gasteiger partial charge >= 0.3 is 5.97 Å². The summed E-state index contributed by atoms with van der Waals surface area (Å²) in [6.07, 6.45) is 5.24. The molecule has 2 aliphatic rings. The average molecular weight is 600 g/mol. The van der Waals surface area contributed by atoms with Crippen molar-refractivity contribution in [3.63, 3.8) is 0 Å². The molecule has 1 unspecified atom stereocenters. The molecule has 2 amide bonds. The van der Waals surface area contributed by atoms with E-state index in [1.807, 2.05) is 67.6 Å². The first kappa shape index (κ1) is 28.5. The molecule has 1 aliphatic carbocycles. The molecule has 3 N–H and O–H groups in total. The molecule has 9 heteroatoms. The normalized spacial score (nSPS) is 16.5. The van der Waals surface area contributed by atoms with Crippen LogP contribution in [-0.4, -0.2) is 55.8 Å². The Morgan fingerprint density at radius 3 is 2.42 bits per heavy atom. The summed E-state index contributed by atoms with van der Waals surface area (Å²) in [6, 6.07) is 23.0. The Kier molecular flexibility index (Phi) is 7.37. The molecule has 1 aliphatic heterocycles. The summed E-state index contributed by atoms with van der Waals surface area (Å²) in [7, 11) is 0. The topological polar surface area (TPSA) is 128 Å². The number of benzene rings is 3. The van der Waals surface area contributed by atoms with E-state index in [0.29, 0.717) is 42.1 Å². The number of likely N-dealkylation sites (tertiary alicyclic amines) is 1. The van der Waals surface area contributed by atoms with Crippen molar-refractivity contribution in [3.8, 4) is 22.5 Å². The average Bonchev–Trinajstić information content (AvgIpc) is 3.83. The van der Waals surface area contributed by atoms with Gasteiger partial charge < -0.3 is 20.3 Å². The van der Waals surface area contributed by atoms with Gasteiger partial charge in [-0.2, -0.15) is 0 Å². The fraction of sp³-hybridized carbons (Fsp3) is 0.250. The van der Waals surface area contributed by atoms with E-state index in [2.05, 4.69) is 20.3 Å². The first-order valence-corrected chi connectivity index (χ1v) is 15.3. The molecule has 1 saturated heterocycles. The van der Waals surface area contributed by atoms with Crippen LogP contribution in [0.15, 0.2) is 79.1 Å². The summed E-state index contributed by atoms with van der Waals surface area (Å²) in [5.41, 5.74) is 8.06. The molecule has 7 rings (SSSR count). The number of carboxylic acid groups (broad SMARTS) is 1. The molecule has 2 aromatic heterocycles. The van der Waals surface area contributed by atoms with Crippen molar-refractivity contribution >= 4 is 34.5 Å². The third-order valence-electron chi connectivity index (χ3n) is 8.99. The Hall–Kier alpha value is -5.31. The SMILES string of the molecule is Cc1c(NC(=O)c2ccc(C3CC3)cc2)cccc1-c1ncnc2[nH]c(-c3ccc(C(=O)N4CCCC(C(=O)O)C4)cc3)cc12. The van der Waals surface area contributed by atoms with Crippen LogP contribution in [0.2, 0.25) is 0 Å². The number of aromatic amines is 1. The van der Waals surface area contributed by atoms with Crippen molar-refractivity contribution in [2.24, 2.45) is 5.92 Å². The number of hydrogen-bond acceptors (Lipinski definition) is 5. The maximum absolute atomic E-state index is 13.1. The zero-order valence-corrected chi connectivity index (χ0v) is 24.9. The van der Waals surface area contributed by atoms with Crippen LogP contribution < -0.4 is 5.32 Å². The second-order valence-electron chi connectivity index (χ2n) is 12.0. The van der Waals surface area contributed by atoms with E-state index in [0.717, 1.165) is 39.2 Å². The van der Waals surface area contributed by atoms with Gasteiger partial charge in [-0.15, -0.1) is 0 Å². The number of hydrogen-bond donors (Lipinski definition) is 3. The molecule has 2 fully saturated rings. The highest BCUT2D eigenvalue weighted by molar-refractivity contribution is 6.05. The van der Waals surface area contributed by atoms with Crippen molar-refractivity contribution in [2.45, 2.75) is 38.5 Å². The minimum atomic E-state index is -0.856. The third-order valence-corrected chi connectivity index (χ3v) is 8.99. The minimum absolute atomic E-state index is 0.154. The van der Waals surface area contributed by atoms with Crippen molar-refractivity contribution < 1.29 is 19.5 Å². The van der Waals surface area contributed by atoms with Crippen molar-refractivity contribution in [1.82, 2.24) is 19.9 Å². The third kappa shape index (κ3) is 5.69. The molecular formula is C36H33N5O4. The van der Waals surface area contributed by atoms with Gasteiger partial charge in [0.25, 0.3) is 11.8 Å². The minimum Gasteiger partial charge on any atom is -0.481 e. The quantitative estimate of drug-likeness (QED) is 0.192. The van der Waals surface area contributed by atoms with Crippen molar-refractivity contribution in [1.29, 1.82) is 0 Å². The fourth-order valence-electron chi connectivity index (χ4n) is 6.19. The van der Waals surface area contributed by atoms with E-state index in [1.54, 1.807) is 17.0 Å². The van der Waals surface area contributed by atoms with Gasteiger partial charge in [-0.3, -0.25) is 14.4 Å². The number of carbonyl (C=O) groups is 3. The zero-order valence-electron chi connectivity index (χ0n) is 24.9. The molecule has 45 heavy (non-hydrogen) atoms. The molecule has 3 heterocycles.